The molecule has 4 aromatic rings. The molecule has 3 heterocycles. The van der Waals surface area contributed by atoms with Crippen molar-refractivity contribution in [1.29, 1.82) is 0 Å². The van der Waals surface area contributed by atoms with Gasteiger partial charge in [0.25, 0.3) is 0 Å². The van der Waals surface area contributed by atoms with E-state index >= 15 is 0 Å². The molecular formula is C45H56N8O7S. The Morgan fingerprint density at radius 2 is 1.74 bits per heavy atom. The van der Waals surface area contributed by atoms with Gasteiger partial charge in [0.15, 0.2) is 10.8 Å². The number of hydrogen-bond donors (Lipinski definition) is 5. The first-order chi connectivity index (χ1) is 28.9. The van der Waals surface area contributed by atoms with Gasteiger partial charge in [-0.25, -0.2) is 19.6 Å². The topological polar surface area (TPSA) is 209 Å². The highest BCUT2D eigenvalue weighted by molar-refractivity contribution is 7.22. The summed E-state index contributed by atoms with van der Waals surface area (Å²) in [6.07, 6.45) is 10.6. The Morgan fingerprint density at radius 3 is 2.41 bits per heavy atom. The number of aromatic nitrogens is 4. The molecule has 4 bridgehead atoms. The second-order valence-electron chi connectivity index (χ2n) is 18.1. The number of nitrogens with one attached hydrogen (secondary N) is 1. The minimum absolute atomic E-state index is 0.0225. The van der Waals surface area contributed by atoms with Gasteiger partial charge in [-0.3, -0.25) is 9.48 Å². The Kier molecular flexibility index (Phi) is 12.2. The molecule has 4 aliphatic rings. The van der Waals surface area contributed by atoms with E-state index in [9.17, 15) is 29.7 Å². The van der Waals surface area contributed by atoms with E-state index in [2.05, 4.69) is 42.3 Å². The Labute approximate surface area is 359 Å². The fraction of sp³-hybridized carbons (Fsp3) is 0.467. The number of para-hydroxylation sites is 1. The van der Waals surface area contributed by atoms with Crippen LogP contribution in [0.2, 0.25) is 0 Å². The molecule has 324 valence electrons. The van der Waals surface area contributed by atoms with Gasteiger partial charge >= 0.3 is 12.1 Å². The number of fused-ring (bicyclic) bond motifs is 1. The first kappa shape index (κ1) is 43.5. The first-order valence-corrected chi connectivity index (χ1v) is 21.5. The van der Waals surface area contributed by atoms with E-state index in [0.717, 1.165) is 60.0 Å². The third-order valence-electron chi connectivity index (χ3n) is 12.6. The summed E-state index contributed by atoms with van der Waals surface area (Å²) < 4.78 is 9.69. The van der Waals surface area contributed by atoms with Crippen molar-refractivity contribution in [2.24, 2.45) is 22.0 Å². The first-order valence-electron chi connectivity index (χ1n) is 20.6. The van der Waals surface area contributed by atoms with Gasteiger partial charge in [0.1, 0.15) is 5.82 Å². The number of nitrogens with two attached hydrogens (primary N) is 1. The van der Waals surface area contributed by atoms with Crippen LogP contribution < -0.4 is 16.0 Å². The maximum Gasteiger partial charge on any atom is 0.407 e. The van der Waals surface area contributed by atoms with Crippen molar-refractivity contribution in [3.8, 4) is 11.1 Å². The number of carboxylic acid groups (broad SMARTS) is 2. The minimum Gasteiger partial charge on any atom is -0.476 e. The lowest BCUT2D eigenvalue weighted by atomic mass is 9.39. The van der Waals surface area contributed by atoms with Gasteiger partial charge in [-0.1, -0.05) is 74.3 Å². The van der Waals surface area contributed by atoms with Crippen LogP contribution >= 0.6 is 11.3 Å². The monoisotopic (exact) mass is 852 g/mol. The summed E-state index contributed by atoms with van der Waals surface area (Å²) in [4.78, 5) is 48.3. The number of anilines is 2. The molecule has 4 fully saturated rings. The molecule has 4 aliphatic carbocycles. The van der Waals surface area contributed by atoms with E-state index < -0.39 is 29.9 Å². The molecule has 4 saturated carbocycles. The van der Waals surface area contributed by atoms with E-state index in [1.165, 1.54) is 16.2 Å². The molecule has 0 radical (unpaired) electrons. The number of aliphatic hydroxyl groups is 1. The summed E-state index contributed by atoms with van der Waals surface area (Å²) in [5.41, 5.74) is 8.03. The third-order valence-corrected chi connectivity index (χ3v) is 13.5. The Balaban J connectivity index is 1.13. The fourth-order valence-corrected chi connectivity index (χ4v) is 12.2. The number of carbonyl (C=O) groups is 3. The molecule has 3 aromatic heterocycles. The summed E-state index contributed by atoms with van der Waals surface area (Å²) in [5.74, 6) is -1.51. The van der Waals surface area contributed by atoms with Crippen molar-refractivity contribution in [3.05, 3.63) is 90.9 Å². The maximum atomic E-state index is 13.0. The van der Waals surface area contributed by atoms with Crippen LogP contribution in [0.15, 0.2) is 79.6 Å². The molecule has 8 rings (SSSR count). The van der Waals surface area contributed by atoms with Gasteiger partial charge in [0.2, 0.25) is 12.3 Å². The third kappa shape index (κ3) is 9.51. The Hall–Kier alpha value is -5.58. The normalized spacial score (nSPS) is 24.5. The van der Waals surface area contributed by atoms with Crippen molar-refractivity contribution in [2.45, 2.75) is 90.6 Å². The van der Waals surface area contributed by atoms with E-state index in [4.69, 9.17) is 15.6 Å². The Bertz CT molecular complexity index is 2320. The number of nitrogens with zero attached hydrogens (tertiary/aromatic N) is 6. The summed E-state index contributed by atoms with van der Waals surface area (Å²) in [5, 5.41) is 40.4. The smallest absolute Gasteiger partial charge is 0.407 e. The molecule has 2 amide bonds. The van der Waals surface area contributed by atoms with Crippen LogP contribution in [-0.4, -0.2) is 96.1 Å². The van der Waals surface area contributed by atoms with Crippen LogP contribution in [0, 0.1) is 23.2 Å². The molecule has 16 heteroatoms. The highest BCUT2D eigenvalue weighted by atomic mass is 32.1. The summed E-state index contributed by atoms with van der Waals surface area (Å²) in [6, 6.07) is 11.1. The highest BCUT2D eigenvalue weighted by Crippen LogP contribution is 2.72. The summed E-state index contributed by atoms with van der Waals surface area (Å²) in [7, 11) is 0. The van der Waals surface area contributed by atoms with Crippen LogP contribution in [0.1, 0.15) is 81.4 Å². The van der Waals surface area contributed by atoms with Gasteiger partial charge in [0.05, 0.1) is 28.6 Å². The van der Waals surface area contributed by atoms with Crippen LogP contribution in [0.3, 0.4) is 0 Å². The number of carbonyl (C=O) groups excluding carboxylic acids is 1. The molecule has 1 aromatic carbocycles. The number of pyridine rings is 1. The highest BCUT2D eigenvalue weighted by Gasteiger charge is 2.66. The number of benzene rings is 1. The van der Waals surface area contributed by atoms with Gasteiger partial charge < -0.3 is 40.9 Å². The number of amides is 2. The summed E-state index contributed by atoms with van der Waals surface area (Å²) in [6.45, 7) is 15.7. The van der Waals surface area contributed by atoms with E-state index in [-0.39, 0.29) is 60.4 Å². The fourth-order valence-electron chi connectivity index (χ4n) is 11.3. The number of allylic oxidation sites excluding steroid dienone is 3. The number of aromatic carboxylic acids is 1. The van der Waals surface area contributed by atoms with Crippen molar-refractivity contribution in [2.75, 3.05) is 36.5 Å². The minimum atomic E-state index is -1.30. The number of hydrogen-bond acceptors (Lipinski definition) is 11. The molecular weight excluding hydrogens is 797 g/mol. The number of thiazole rings is 1. The SMILES string of the molecule is C=C/C=C\C(=C)CCN(c1ccc(-c2cnn(CC34CC5(C)CC(C)(C3)CC(OCCN(CCC(N)=O)C(=O)O)(C5)C4)c2C)c(C(=O)O)n1)C(O)Nc1nc2ccccc2s1. The van der Waals surface area contributed by atoms with Crippen molar-refractivity contribution < 1.29 is 34.4 Å². The van der Waals surface area contributed by atoms with Gasteiger partial charge in [-0.15, -0.1) is 0 Å². The van der Waals surface area contributed by atoms with Gasteiger partial charge in [0, 0.05) is 49.4 Å². The predicted octanol–water partition coefficient (Wildman–Crippen LogP) is 7.44. The van der Waals surface area contributed by atoms with E-state index in [1.807, 2.05) is 41.9 Å². The standard InChI is InChI=1S/C45H56N8O7S/c1-6-7-10-29(2)15-18-52(40(57)50-39-48-33-11-8-9-12-34(33)61-39)36-14-13-31(37(49-36)38(55)56)32-21-47-53(30(32)3)28-44-23-42(4)22-43(5,24-44)26-45(25-42,27-44)60-20-19-51(41(58)59)17-16-35(46)54/h6-14,21,40,57H,1-2,15-20,22-28H2,3-5H3,(H2,46,54)(H,48,50)(H,55,56)(H,58,59)/b10-7-. The number of aliphatic hydroxyl groups excluding tert-OH is 1. The zero-order valence-corrected chi connectivity index (χ0v) is 35.9. The number of rotatable bonds is 20. The van der Waals surface area contributed by atoms with Crippen LogP contribution in [0.5, 0.6) is 0 Å². The zero-order chi connectivity index (χ0) is 43.7. The average molecular weight is 853 g/mol. The average Bonchev–Trinajstić information content (AvgIpc) is 3.75. The molecule has 0 aliphatic heterocycles. The second-order valence-corrected chi connectivity index (χ2v) is 19.1. The van der Waals surface area contributed by atoms with Crippen molar-refractivity contribution in [3.63, 3.8) is 0 Å². The lowest BCUT2D eigenvalue weighted by Gasteiger charge is -2.69. The van der Waals surface area contributed by atoms with Crippen molar-refractivity contribution >= 4 is 50.5 Å². The predicted molar refractivity (Wildman–Crippen MR) is 235 cm³/mol. The molecule has 0 spiro atoms. The van der Waals surface area contributed by atoms with E-state index in [1.54, 1.807) is 35.4 Å². The number of ether oxygens (including phenoxy) is 1. The second kappa shape index (κ2) is 17.1. The molecule has 3 unspecified atom stereocenters. The van der Waals surface area contributed by atoms with Gasteiger partial charge in [-0.05, 0) is 92.4 Å². The largest absolute Gasteiger partial charge is 0.476 e. The molecule has 61 heavy (non-hydrogen) atoms. The molecule has 15 nitrogen and oxygen atoms in total. The number of primary amides is 1. The van der Waals surface area contributed by atoms with Gasteiger partial charge in [-0.2, -0.15) is 5.10 Å². The number of carboxylic acids is 1. The summed E-state index contributed by atoms with van der Waals surface area (Å²) >= 11 is 1.40. The lowest BCUT2D eigenvalue weighted by molar-refractivity contribution is -0.248. The van der Waals surface area contributed by atoms with Crippen LogP contribution in [0.4, 0.5) is 15.7 Å². The zero-order valence-electron chi connectivity index (χ0n) is 35.1. The van der Waals surface area contributed by atoms with Crippen LogP contribution in [0.25, 0.3) is 21.3 Å². The maximum absolute atomic E-state index is 13.0. The van der Waals surface area contributed by atoms with Crippen molar-refractivity contribution in [1.82, 2.24) is 24.6 Å². The quantitative estimate of drug-likeness (QED) is 0.0434. The van der Waals surface area contributed by atoms with E-state index in [0.29, 0.717) is 29.2 Å². The molecule has 6 N–H and O–H groups in total. The molecule has 0 saturated heterocycles. The van der Waals surface area contributed by atoms with Crippen LogP contribution in [-0.2, 0) is 16.1 Å². The lowest BCUT2D eigenvalue weighted by Crippen LogP contribution is -2.64. The molecule has 3 atom stereocenters. The Morgan fingerprint density at radius 1 is 1.00 bits per heavy atom.